The van der Waals surface area contributed by atoms with Crippen molar-refractivity contribution in [1.29, 1.82) is 0 Å². The molecule has 0 bridgehead atoms. The van der Waals surface area contributed by atoms with Crippen LogP contribution in [-0.4, -0.2) is 43.9 Å². The minimum atomic E-state index is -0.354. The first-order valence-corrected chi connectivity index (χ1v) is 11.2. The van der Waals surface area contributed by atoms with Gasteiger partial charge in [0.05, 0.1) is 11.3 Å². The summed E-state index contributed by atoms with van der Waals surface area (Å²) in [5, 5.41) is 9.16. The van der Waals surface area contributed by atoms with Gasteiger partial charge in [-0.25, -0.2) is 4.39 Å². The predicted molar refractivity (Wildman–Crippen MR) is 117 cm³/mol. The summed E-state index contributed by atoms with van der Waals surface area (Å²) in [4.78, 5) is 14.8. The first-order valence-electron chi connectivity index (χ1n) is 10.2. The van der Waals surface area contributed by atoms with Crippen molar-refractivity contribution in [3.05, 3.63) is 59.9 Å². The van der Waals surface area contributed by atoms with E-state index in [4.69, 9.17) is 0 Å². The van der Waals surface area contributed by atoms with Crippen molar-refractivity contribution in [3.8, 4) is 17.1 Å². The van der Waals surface area contributed by atoms with Gasteiger partial charge < -0.3 is 4.90 Å². The SMILES string of the molecule is Cc1ccc(-n2c(SCC(=O)N3CCCC[C@@H]3C)nnc2-c2ccccc2F)cc1. The molecule has 1 aliphatic rings. The van der Waals surface area contributed by atoms with Crippen LogP contribution in [0.3, 0.4) is 0 Å². The van der Waals surface area contributed by atoms with Gasteiger partial charge in [-0.15, -0.1) is 10.2 Å². The molecule has 0 radical (unpaired) electrons. The van der Waals surface area contributed by atoms with E-state index in [2.05, 4.69) is 17.1 Å². The van der Waals surface area contributed by atoms with Crippen molar-refractivity contribution in [3.63, 3.8) is 0 Å². The number of amides is 1. The Labute approximate surface area is 180 Å². The first-order chi connectivity index (χ1) is 14.5. The van der Waals surface area contributed by atoms with E-state index in [-0.39, 0.29) is 23.5 Å². The van der Waals surface area contributed by atoms with Gasteiger partial charge in [-0.05, 0) is 57.4 Å². The van der Waals surface area contributed by atoms with Crippen molar-refractivity contribution in [2.24, 2.45) is 0 Å². The lowest BCUT2D eigenvalue weighted by Gasteiger charge is -2.33. The van der Waals surface area contributed by atoms with E-state index in [1.165, 1.54) is 24.2 Å². The lowest BCUT2D eigenvalue weighted by Crippen LogP contribution is -2.42. The number of halogens is 1. The van der Waals surface area contributed by atoms with Crippen molar-refractivity contribution < 1.29 is 9.18 Å². The Morgan fingerprint density at radius 3 is 2.63 bits per heavy atom. The number of aromatic nitrogens is 3. The number of carbonyl (C=O) groups is 1. The van der Waals surface area contributed by atoms with Crippen LogP contribution in [0.5, 0.6) is 0 Å². The highest BCUT2D eigenvalue weighted by Gasteiger charge is 2.25. The molecular weight excluding hydrogens is 399 g/mol. The fourth-order valence-electron chi connectivity index (χ4n) is 3.78. The van der Waals surface area contributed by atoms with Gasteiger partial charge in [0.1, 0.15) is 5.82 Å². The third-order valence-electron chi connectivity index (χ3n) is 5.49. The third kappa shape index (κ3) is 4.26. The highest BCUT2D eigenvalue weighted by molar-refractivity contribution is 7.99. The number of aryl methyl sites for hydroxylation is 1. The van der Waals surface area contributed by atoms with Crippen LogP contribution in [0.2, 0.25) is 0 Å². The van der Waals surface area contributed by atoms with Crippen LogP contribution in [0, 0.1) is 12.7 Å². The second kappa shape index (κ2) is 9.00. The van der Waals surface area contributed by atoms with Crippen LogP contribution in [0.1, 0.15) is 31.7 Å². The second-order valence-corrected chi connectivity index (χ2v) is 8.62. The third-order valence-corrected chi connectivity index (χ3v) is 6.40. The molecule has 1 saturated heterocycles. The molecule has 156 valence electrons. The molecule has 2 aromatic carbocycles. The predicted octanol–water partition coefficient (Wildman–Crippen LogP) is 4.87. The lowest BCUT2D eigenvalue weighted by atomic mass is 10.0. The second-order valence-electron chi connectivity index (χ2n) is 7.68. The fourth-order valence-corrected chi connectivity index (χ4v) is 4.62. The molecule has 0 aliphatic carbocycles. The molecule has 1 fully saturated rings. The number of hydrogen-bond acceptors (Lipinski definition) is 4. The molecule has 1 atom stereocenters. The van der Waals surface area contributed by atoms with Crippen molar-refractivity contribution in [2.75, 3.05) is 12.3 Å². The summed E-state index contributed by atoms with van der Waals surface area (Å²) in [5.41, 5.74) is 2.35. The highest BCUT2D eigenvalue weighted by atomic mass is 32.2. The molecule has 1 amide bonds. The zero-order chi connectivity index (χ0) is 21.1. The monoisotopic (exact) mass is 424 g/mol. The molecule has 3 aromatic rings. The largest absolute Gasteiger partial charge is 0.339 e. The van der Waals surface area contributed by atoms with Crippen molar-refractivity contribution in [1.82, 2.24) is 19.7 Å². The molecule has 1 aromatic heterocycles. The molecule has 30 heavy (non-hydrogen) atoms. The van der Waals surface area contributed by atoms with Gasteiger partial charge in [0.15, 0.2) is 11.0 Å². The van der Waals surface area contributed by atoms with Crippen LogP contribution in [0.25, 0.3) is 17.1 Å². The zero-order valence-corrected chi connectivity index (χ0v) is 18.0. The molecule has 7 heteroatoms. The van der Waals surface area contributed by atoms with E-state index in [9.17, 15) is 9.18 Å². The lowest BCUT2D eigenvalue weighted by molar-refractivity contribution is -0.131. The summed E-state index contributed by atoms with van der Waals surface area (Å²) < 4.78 is 16.3. The molecule has 2 heterocycles. The standard InChI is InChI=1S/C23H25FN4OS/c1-16-10-12-18(13-11-16)28-22(19-8-3-4-9-20(19)24)25-26-23(28)30-15-21(29)27-14-6-5-7-17(27)2/h3-4,8-13,17H,5-7,14-15H2,1-2H3/t17-/m0/s1. The number of nitrogens with zero attached hydrogens (tertiary/aromatic N) is 4. The Kier molecular flexibility index (Phi) is 6.18. The Bertz CT molecular complexity index is 1030. The van der Waals surface area contributed by atoms with E-state index in [0.717, 1.165) is 30.6 Å². The number of thioether (sulfide) groups is 1. The minimum Gasteiger partial charge on any atom is -0.339 e. The summed E-state index contributed by atoms with van der Waals surface area (Å²) in [6.45, 7) is 4.93. The quantitative estimate of drug-likeness (QED) is 0.548. The molecule has 4 rings (SSSR count). The number of piperidine rings is 1. The summed E-state index contributed by atoms with van der Waals surface area (Å²) >= 11 is 1.35. The molecule has 0 N–H and O–H groups in total. The summed E-state index contributed by atoms with van der Waals surface area (Å²) in [6, 6.07) is 14.7. The molecule has 0 saturated carbocycles. The zero-order valence-electron chi connectivity index (χ0n) is 17.2. The maximum atomic E-state index is 14.5. The van der Waals surface area contributed by atoms with Gasteiger partial charge >= 0.3 is 0 Å². The van der Waals surface area contributed by atoms with Gasteiger partial charge in [-0.3, -0.25) is 9.36 Å². The Morgan fingerprint density at radius 1 is 1.13 bits per heavy atom. The molecule has 0 unspecified atom stereocenters. The van der Waals surface area contributed by atoms with Crippen molar-refractivity contribution in [2.45, 2.75) is 44.3 Å². The first kappa shape index (κ1) is 20.6. The molecule has 0 spiro atoms. The van der Waals surface area contributed by atoms with Crippen molar-refractivity contribution >= 4 is 17.7 Å². The summed E-state index contributed by atoms with van der Waals surface area (Å²) in [5.74, 6) is 0.468. The maximum Gasteiger partial charge on any atom is 0.233 e. The fraction of sp³-hybridized carbons (Fsp3) is 0.348. The van der Waals surface area contributed by atoms with E-state index in [1.807, 2.05) is 40.7 Å². The molecular formula is C23H25FN4OS. The van der Waals surface area contributed by atoms with Gasteiger partial charge in [-0.2, -0.15) is 0 Å². The highest BCUT2D eigenvalue weighted by Crippen LogP contribution is 2.30. The topological polar surface area (TPSA) is 51.0 Å². The van der Waals surface area contributed by atoms with E-state index < -0.39 is 0 Å². The Hall–Kier alpha value is -2.67. The van der Waals surface area contributed by atoms with E-state index >= 15 is 0 Å². The van der Waals surface area contributed by atoms with Crippen LogP contribution in [0.15, 0.2) is 53.7 Å². The Morgan fingerprint density at radius 2 is 1.90 bits per heavy atom. The summed E-state index contributed by atoms with van der Waals surface area (Å²) in [7, 11) is 0. The van der Waals surface area contributed by atoms with Gasteiger partial charge in [0.2, 0.25) is 5.91 Å². The summed E-state index contributed by atoms with van der Waals surface area (Å²) in [6.07, 6.45) is 3.27. The average Bonchev–Trinajstić information content (AvgIpc) is 3.17. The number of likely N-dealkylation sites (tertiary alicyclic amines) is 1. The van der Waals surface area contributed by atoms with Crippen LogP contribution >= 0.6 is 11.8 Å². The van der Waals surface area contributed by atoms with Gasteiger partial charge in [-0.1, -0.05) is 41.6 Å². The van der Waals surface area contributed by atoms with Crippen LogP contribution in [-0.2, 0) is 4.79 Å². The number of carbonyl (C=O) groups excluding carboxylic acids is 1. The van der Waals surface area contributed by atoms with Crippen LogP contribution < -0.4 is 0 Å². The van der Waals surface area contributed by atoms with E-state index in [1.54, 1.807) is 18.2 Å². The average molecular weight is 425 g/mol. The van der Waals surface area contributed by atoms with Crippen LogP contribution in [0.4, 0.5) is 4.39 Å². The Balaban J connectivity index is 1.65. The number of rotatable bonds is 5. The molecule has 5 nitrogen and oxygen atoms in total. The number of benzene rings is 2. The maximum absolute atomic E-state index is 14.5. The normalized spacial score (nSPS) is 16.6. The smallest absolute Gasteiger partial charge is 0.233 e. The number of hydrogen-bond donors (Lipinski definition) is 0. The molecule has 1 aliphatic heterocycles. The van der Waals surface area contributed by atoms with Gasteiger partial charge in [0, 0.05) is 18.3 Å². The minimum absolute atomic E-state index is 0.109. The van der Waals surface area contributed by atoms with Gasteiger partial charge in [0.25, 0.3) is 0 Å². The van der Waals surface area contributed by atoms with E-state index in [0.29, 0.717) is 16.5 Å².